The van der Waals surface area contributed by atoms with E-state index in [9.17, 15) is 0 Å². The molecule has 0 aliphatic heterocycles. The van der Waals surface area contributed by atoms with Gasteiger partial charge in [0.1, 0.15) is 11.0 Å². The summed E-state index contributed by atoms with van der Waals surface area (Å²) in [6.45, 7) is 13.5. The molecule has 0 saturated carbocycles. The Bertz CT molecular complexity index is 2940. The number of hydrogen-bond donors (Lipinski definition) is 0. The van der Waals surface area contributed by atoms with Crippen molar-refractivity contribution >= 4 is 56.8 Å². The molecule has 5 heteroatoms. The summed E-state index contributed by atoms with van der Waals surface area (Å²) in [5.41, 5.74) is 19.9. The van der Waals surface area contributed by atoms with Gasteiger partial charge in [0.05, 0.1) is 22.9 Å². The van der Waals surface area contributed by atoms with Gasteiger partial charge in [-0.05, 0) is 129 Å². The van der Waals surface area contributed by atoms with Gasteiger partial charge in [-0.25, -0.2) is 0 Å². The molecule has 0 N–H and O–H groups in total. The Morgan fingerprint density at radius 3 is 1.59 bits per heavy atom. The highest BCUT2D eigenvalue weighted by Crippen LogP contribution is 2.43. The third kappa shape index (κ3) is 7.17. The number of anilines is 3. The number of benzene rings is 7. The maximum absolute atomic E-state index is 4.98. The van der Waals surface area contributed by atoms with Gasteiger partial charge < -0.3 is 9.47 Å². The lowest BCUT2D eigenvalue weighted by Crippen LogP contribution is -2.11. The monoisotopic (exact) mass is 810 g/mol. The summed E-state index contributed by atoms with van der Waals surface area (Å²) in [7, 11) is 0. The second-order valence-electron chi connectivity index (χ2n) is 18.4. The van der Waals surface area contributed by atoms with Crippen molar-refractivity contribution in [3.05, 3.63) is 186 Å². The lowest BCUT2D eigenvalue weighted by molar-refractivity contribution is 0.590. The van der Waals surface area contributed by atoms with Gasteiger partial charge >= 0.3 is 0 Å². The minimum absolute atomic E-state index is 0.110. The van der Waals surface area contributed by atoms with E-state index in [1.165, 1.54) is 67.3 Å². The van der Waals surface area contributed by atoms with E-state index in [0.29, 0.717) is 0 Å². The van der Waals surface area contributed by atoms with Crippen molar-refractivity contribution in [3.63, 3.8) is 0 Å². The lowest BCUT2D eigenvalue weighted by Gasteiger charge is -2.26. The zero-order chi connectivity index (χ0) is 41.9. The first kappa shape index (κ1) is 38.6. The summed E-state index contributed by atoms with van der Waals surface area (Å²) in [5, 5.41) is 1.34. The number of fused-ring (bicyclic) bond motifs is 4. The molecular formula is C56H50N4S. The average Bonchev–Trinajstić information content (AvgIpc) is 3.91. The van der Waals surface area contributed by atoms with Gasteiger partial charge in [-0.15, -0.1) is 0 Å². The van der Waals surface area contributed by atoms with Crippen molar-refractivity contribution in [3.8, 4) is 39.1 Å². The Hall–Kier alpha value is -6.56. The minimum atomic E-state index is 0.110. The number of allylic oxidation sites excluding steroid dienone is 1. The highest BCUT2D eigenvalue weighted by molar-refractivity contribution is 7.00. The van der Waals surface area contributed by atoms with Gasteiger partial charge in [-0.2, -0.15) is 8.75 Å². The van der Waals surface area contributed by atoms with Crippen LogP contribution in [0, 0.1) is 0 Å². The van der Waals surface area contributed by atoms with Gasteiger partial charge in [0.15, 0.2) is 0 Å². The van der Waals surface area contributed by atoms with Crippen LogP contribution < -0.4 is 4.90 Å². The Balaban J connectivity index is 1.03. The quantitative estimate of drug-likeness (QED) is 0.161. The van der Waals surface area contributed by atoms with Crippen LogP contribution in [0.5, 0.6) is 0 Å². The number of nitrogens with zero attached hydrogens (tertiary/aromatic N) is 4. The molecule has 0 unspecified atom stereocenters. The van der Waals surface area contributed by atoms with Gasteiger partial charge in [0.25, 0.3) is 0 Å². The first-order chi connectivity index (χ1) is 29.5. The number of hydrogen-bond acceptors (Lipinski definition) is 4. The summed E-state index contributed by atoms with van der Waals surface area (Å²) < 4.78 is 12.3. The lowest BCUT2D eigenvalue weighted by atomic mass is 9.86. The Morgan fingerprint density at radius 1 is 0.525 bits per heavy atom. The van der Waals surface area contributed by atoms with Crippen LogP contribution in [0.2, 0.25) is 0 Å². The second kappa shape index (κ2) is 15.2. The van der Waals surface area contributed by atoms with Gasteiger partial charge in [0, 0.05) is 33.7 Å². The topological polar surface area (TPSA) is 34.0 Å². The van der Waals surface area contributed by atoms with Crippen LogP contribution >= 0.6 is 11.7 Å². The molecule has 0 fully saturated rings. The molecule has 2 aromatic heterocycles. The third-order valence-electron chi connectivity index (χ3n) is 12.3. The van der Waals surface area contributed by atoms with Crippen LogP contribution in [0.3, 0.4) is 0 Å². The van der Waals surface area contributed by atoms with Crippen molar-refractivity contribution in [1.82, 2.24) is 13.3 Å². The fourth-order valence-electron chi connectivity index (χ4n) is 8.88. The van der Waals surface area contributed by atoms with E-state index in [1.807, 2.05) is 0 Å². The van der Waals surface area contributed by atoms with E-state index in [0.717, 1.165) is 57.8 Å². The fraction of sp³-hybridized carbons (Fsp3) is 0.179. The molecular weight excluding hydrogens is 761 g/mol. The Kier molecular flexibility index (Phi) is 9.60. The highest BCUT2D eigenvalue weighted by atomic mass is 32.1. The fourth-order valence-corrected chi connectivity index (χ4v) is 9.45. The molecule has 0 atom stereocenters. The molecule has 61 heavy (non-hydrogen) atoms. The van der Waals surface area contributed by atoms with Gasteiger partial charge in [0.2, 0.25) is 0 Å². The van der Waals surface area contributed by atoms with Gasteiger partial charge in [-0.3, -0.25) is 0 Å². The summed E-state index contributed by atoms with van der Waals surface area (Å²) >= 11 is 1.27. The molecule has 7 aromatic carbocycles. The molecule has 0 spiro atoms. The van der Waals surface area contributed by atoms with E-state index >= 15 is 0 Å². The van der Waals surface area contributed by atoms with E-state index in [1.54, 1.807) is 0 Å². The number of aryl methyl sites for hydroxylation is 1. The molecule has 0 saturated heterocycles. The summed E-state index contributed by atoms with van der Waals surface area (Å²) in [5.74, 6) is 0. The van der Waals surface area contributed by atoms with Crippen LogP contribution in [-0.2, 0) is 17.3 Å². The minimum Gasteiger partial charge on any atom is -0.310 e. The Labute approximate surface area is 363 Å². The molecule has 0 amide bonds. The van der Waals surface area contributed by atoms with Crippen LogP contribution in [0.1, 0.15) is 70.3 Å². The molecule has 300 valence electrons. The maximum Gasteiger partial charge on any atom is 0.129 e. The van der Waals surface area contributed by atoms with Crippen molar-refractivity contribution in [1.29, 1.82) is 0 Å². The maximum atomic E-state index is 4.98. The molecule has 0 bridgehead atoms. The van der Waals surface area contributed by atoms with E-state index in [2.05, 4.69) is 221 Å². The van der Waals surface area contributed by atoms with Gasteiger partial charge in [-0.1, -0.05) is 151 Å². The predicted molar refractivity (Wildman–Crippen MR) is 260 cm³/mol. The van der Waals surface area contributed by atoms with Crippen LogP contribution in [0.25, 0.3) is 67.1 Å². The average molecular weight is 811 g/mol. The Morgan fingerprint density at radius 2 is 1.03 bits per heavy atom. The summed E-state index contributed by atoms with van der Waals surface area (Å²) in [6, 6.07) is 57.9. The molecule has 4 nitrogen and oxygen atoms in total. The van der Waals surface area contributed by atoms with Crippen molar-refractivity contribution in [2.24, 2.45) is 0 Å². The van der Waals surface area contributed by atoms with Crippen molar-refractivity contribution in [2.75, 3.05) is 4.90 Å². The largest absolute Gasteiger partial charge is 0.310 e. The van der Waals surface area contributed by atoms with E-state index < -0.39 is 0 Å². The van der Waals surface area contributed by atoms with Crippen LogP contribution in [0.15, 0.2) is 164 Å². The summed E-state index contributed by atoms with van der Waals surface area (Å²) in [6.07, 6.45) is 6.74. The highest BCUT2D eigenvalue weighted by Gasteiger charge is 2.22. The SMILES string of the molecule is CC(C)(C)c1ccc(-c2ccc(N(c3ccc(-c4ccc(C(C)(C)C)cc4)cc3)c3ccc(-c4ccc(-n5c6c(c7ccccc75)CCC=C6)cc4)c4nsnc34)cc2)cc1. The zero-order valence-electron chi connectivity index (χ0n) is 35.8. The molecule has 9 aromatic rings. The van der Waals surface area contributed by atoms with Crippen LogP contribution in [-0.4, -0.2) is 13.3 Å². The normalized spacial score (nSPS) is 12.9. The second-order valence-corrected chi connectivity index (χ2v) is 18.9. The van der Waals surface area contributed by atoms with Crippen LogP contribution in [0.4, 0.5) is 17.1 Å². The third-order valence-corrected chi connectivity index (χ3v) is 12.9. The molecule has 0 radical (unpaired) electrons. The molecule has 2 heterocycles. The van der Waals surface area contributed by atoms with E-state index in [-0.39, 0.29) is 10.8 Å². The number of para-hydroxylation sites is 1. The van der Waals surface area contributed by atoms with Crippen molar-refractivity contribution < 1.29 is 0 Å². The standard InChI is InChI=1S/C56H50N4S/c1-55(2,3)42-25-15-37(16-26-42)39-19-29-44(30-20-39)59(45-31-21-40(22-32-45)38-17-27-43(28-18-38)56(4,5)6)52-36-35-47(53-54(52)58-61-57-53)41-23-33-46(34-24-41)60-50-13-9-7-11-48(50)49-12-8-10-14-51(49)60/h7,9-11,13-36H,8,12H2,1-6H3. The zero-order valence-corrected chi connectivity index (χ0v) is 36.6. The predicted octanol–water partition coefficient (Wildman–Crippen LogP) is 15.7. The molecule has 10 rings (SSSR count). The summed E-state index contributed by atoms with van der Waals surface area (Å²) in [4.78, 5) is 2.32. The molecule has 1 aliphatic carbocycles. The first-order valence-electron chi connectivity index (χ1n) is 21.4. The molecule has 1 aliphatic rings. The smallest absolute Gasteiger partial charge is 0.129 e. The number of aromatic nitrogens is 3. The van der Waals surface area contributed by atoms with Crippen molar-refractivity contribution in [2.45, 2.75) is 65.2 Å². The first-order valence-corrected chi connectivity index (χ1v) is 22.1. The van der Waals surface area contributed by atoms with E-state index in [4.69, 9.17) is 8.75 Å². The number of rotatable bonds is 7.